The molecule has 1 saturated carbocycles. The smallest absolute Gasteiger partial charge is 0.264 e. The zero-order chi connectivity index (χ0) is 17.4. The van der Waals surface area contributed by atoms with E-state index < -0.39 is 31.1 Å². The molecule has 2 aliphatic rings. The molecule has 2 rings (SSSR count). The second-order valence-corrected chi connectivity index (χ2v) is 10.3. The van der Waals surface area contributed by atoms with Crippen LogP contribution in [0.25, 0.3) is 0 Å². The third kappa shape index (κ3) is 4.15. The molecule has 0 aliphatic heterocycles. The highest BCUT2D eigenvalue weighted by Crippen LogP contribution is 2.60. The first-order chi connectivity index (χ1) is 10.5. The highest BCUT2D eigenvalue weighted by molar-refractivity contribution is 7.86. The predicted octanol–water partition coefficient (Wildman–Crippen LogP) is 2.08. The fourth-order valence-electron chi connectivity index (χ4n) is 4.18. The summed E-state index contributed by atoms with van der Waals surface area (Å²) in [5.41, 5.74) is -0.832. The fourth-order valence-corrected chi connectivity index (χ4v) is 5.04. The van der Waals surface area contributed by atoms with Gasteiger partial charge in [-0.1, -0.05) is 31.9 Å². The Morgan fingerprint density at radius 1 is 1.00 bits per heavy atom. The lowest BCUT2D eigenvalue weighted by atomic mass is 9.49. The van der Waals surface area contributed by atoms with Gasteiger partial charge in [-0.3, -0.25) is 8.37 Å². The molecule has 1 fully saturated rings. The lowest BCUT2D eigenvalue weighted by molar-refractivity contribution is -0.101. The third-order valence-electron chi connectivity index (χ3n) is 5.47. The monoisotopic (exact) mass is 366 g/mol. The normalized spacial score (nSPS) is 35.0. The lowest BCUT2D eigenvalue weighted by Gasteiger charge is -2.57. The summed E-state index contributed by atoms with van der Waals surface area (Å²) < 4.78 is 56.3. The maximum Gasteiger partial charge on any atom is 0.264 e. The van der Waals surface area contributed by atoms with Gasteiger partial charge >= 0.3 is 0 Å². The zero-order valence-electron chi connectivity index (χ0n) is 13.9. The van der Waals surface area contributed by atoms with E-state index in [9.17, 15) is 16.8 Å². The Kier molecular flexibility index (Phi) is 5.31. The van der Waals surface area contributed by atoms with Gasteiger partial charge in [-0.15, -0.1) is 0 Å². The summed E-state index contributed by atoms with van der Waals surface area (Å²) in [6.45, 7) is 2.19. The second-order valence-electron chi connectivity index (χ2n) is 7.00. The first-order valence-electron chi connectivity index (χ1n) is 7.85. The largest absolute Gasteiger partial charge is 0.270 e. The molecule has 3 atom stereocenters. The molecule has 0 N–H and O–H groups in total. The Morgan fingerprint density at radius 3 is 2.17 bits per heavy atom. The van der Waals surface area contributed by atoms with Crippen molar-refractivity contribution in [3.63, 3.8) is 0 Å². The Balaban J connectivity index is 2.38. The standard InChI is InChI=1S/C15H26O6S2/c1-13-7-6-9-14(11-20-22(2,16)17)8-4-5-10-15(13,14)12-21-23(3,18)19/h6-7,13H,4-5,8-12H2,1-3H3/t13-,14+,15+/m1/s1. The van der Waals surface area contributed by atoms with E-state index in [1.165, 1.54) is 0 Å². The maximum atomic E-state index is 11.5. The van der Waals surface area contributed by atoms with Crippen LogP contribution < -0.4 is 0 Å². The van der Waals surface area contributed by atoms with Crippen molar-refractivity contribution >= 4 is 20.2 Å². The van der Waals surface area contributed by atoms with E-state index in [-0.39, 0.29) is 19.1 Å². The van der Waals surface area contributed by atoms with Gasteiger partial charge in [0.2, 0.25) is 0 Å². The highest BCUT2D eigenvalue weighted by Gasteiger charge is 2.56. The van der Waals surface area contributed by atoms with Crippen LogP contribution in [0.5, 0.6) is 0 Å². The molecule has 0 heterocycles. The summed E-state index contributed by atoms with van der Waals surface area (Å²) in [5, 5.41) is 0. The number of rotatable bonds is 6. The van der Waals surface area contributed by atoms with Crippen LogP contribution in [0.15, 0.2) is 12.2 Å². The minimum absolute atomic E-state index is 0.0739. The lowest BCUT2D eigenvalue weighted by Crippen LogP contribution is -2.55. The van der Waals surface area contributed by atoms with Crippen molar-refractivity contribution < 1.29 is 25.2 Å². The molecule has 0 aromatic rings. The molecular weight excluding hydrogens is 340 g/mol. The van der Waals surface area contributed by atoms with Gasteiger partial charge in [-0.05, 0) is 25.2 Å². The van der Waals surface area contributed by atoms with Gasteiger partial charge in [0.25, 0.3) is 20.2 Å². The maximum absolute atomic E-state index is 11.5. The summed E-state index contributed by atoms with van der Waals surface area (Å²) in [6, 6.07) is 0. The van der Waals surface area contributed by atoms with Crippen LogP contribution in [0.1, 0.15) is 39.0 Å². The topological polar surface area (TPSA) is 86.7 Å². The van der Waals surface area contributed by atoms with Crippen molar-refractivity contribution in [1.29, 1.82) is 0 Å². The van der Waals surface area contributed by atoms with E-state index in [1.54, 1.807) is 0 Å². The Labute approximate surface area is 139 Å². The molecule has 2 aliphatic carbocycles. The second kappa shape index (κ2) is 6.46. The van der Waals surface area contributed by atoms with E-state index >= 15 is 0 Å². The van der Waals surface area contributed by atoms with Crippen LogP contribution in [-0.4, -0.2) is 42.6 Å². The van der Waals surface area contributed by atoms with Crippen molar-refractivity contribution in [1.82, 2.24) is 0 Å². The zero-order valence-corrected chi connectivity index (χ0v) is 15.6. The summed E-state index contributed by atoms with van der Waals surface area (Å²) in [6.07, 6.45) is 10.5. The van der Waals surface area contributed by atoms with E-state index in [1.807, 2.05) is 6.92 Å². The van der Waals surface area contributed by atoms with Crippen LogP contribution in [0, 0.1) is 16.7 Å². The number of allylic oxidation sites excluding steroid dienone is 2. The minimum Gasteiger partial charge on any atom is -0.270 e. The van der Waals surface area contributed by atoms with E-state index in [0.29, 0.717) is 6.42 Å². The summed E-state index contributed by atoms with van der Waals surface area (Å²) in [5.74, 6) is 0.0986. The molecule has 0 saturated heterocycles. The molecule has 0 bridgehead atoms. The van der Waals surface area contributed by atoms with Crippen molar-refractivity contribution in [3.8, 4) is 0 Å². The SMILES string of the molecule is C[C@@H]1C=CC[C@]2(COS(C)(=O)=O)CCCC[C@]12COS(C)(=O)=O. The van der Waals surface area contributed by atoms with E-state index in [4.69, 9.17) is 8.37 Å². The molecule has 8 heteroatoms. The molecule has 0 radical (unpaired) electrons. The average Bonchev–Trinajstić information content (AvgIpc) is 2.42. The first-order valence-corrected chi connectivity index (χ1v) is 11.5. The minimum atomic E-state index is -3.56. The van der Waals surface area contributed by atoms with Crippen LogP contribution >= 0.6 is 0 Å². The quantitative estimate of drug-likeness (QED) is 0.528. The molecule has 6 nitrogen and oxygen atoms in total. The van der Waals surface area contributed by atoms with Crippen LogP contribution in [0.2, 0.25) is 0 Å². The van der Waals surface area contributed by atoms with E-state index in [0.717, 1.165) is 38.2 Å². The van der Waals surface area contributed by atoms with Gasteiger partial charge in [0, 0.05) is 10.8 Å². The third-order valence-corrected chi connectivity index (χ3v) is 6.56. The van der Waals surface area contributed by atoms with Gasteiger partial charge in [-0.25, -0.2) is 0 Å². The first kappa shape index (κ1) is 18.9. The van der Waals surface area contributed by atoms with Crippen molar-refractivity contribution in [2.45, 2.75) is 39.0 Å². The van der Waals surface area contributed by atoms with Crippen LogP contribution in [0.3, 0.4) is 0 Å². The molecular formula is C15H26O6S2. The average molecular weight is 367 g/mol. The predicted molar refractivity (Wildman–Crippen MR) is 87.8 cm³/mol. The molecule has 0 unspecified atom stereocenters. The van der Waals surface area contributed by atoms with Crippen molar-refractivity contribution in [2.75, 3.05) is 25.7 Å². The van der Waals surface area contributed by atoms with Crippen LogP contribution in [0.4, 0.5) is 0 Å². The Morgan fingerprint density at radius 2 is 1.57 bits per heavy atom. The number of hydrogen-bond acceptors (Lipinski definition) is 6. The Hall–Kier alpha value is -0.440. The van der Waals surface area contributed by atoms with Gasteiger partial charge in [-0.2, -0.15) is 16.8 Å². The molecule has 134 valence electrons. The number of fused-ring (bicyclic) bond motifs is 1. The highest BCUT2D eigenvalue weighted by atomic mass is 32.2. The fraction of sp³-hybridized carbons (Fsp3) is 0.867. The Bertz CT molecular complexity index is 666. The van der Waals surface area contributed by atoms with Gasteiger partial charge in [0.05, 0.1) is 25.7 Å². The summed E-state index contributed by atoms with van der Waals surface area (Å²) >= 11 is 0. The summed E-state index contributed by atoms with van der Waals surface area (Å²) in [7, 11) is -7.11. The van der Waals surface area contributed by atoms with E-state index in [2.05, 4.69) is 12.2 Å². The molecule has 0 aromatic carbocycles. The van der Waals surface area contributed by atoms with Crippen LogP contribution in [-0.2, 0) is 28.6 Å². The summed E-state index contributed by atoms with van der Waals surface area (Å²) in [4.78, 5) is 0. The van der Waals surface area contributed by atoms with Gasteiger partial charge in [0.1, 0.15) is 0 Å². The molecule has 0 amide bonds. The van der Waals surface area contributed by atoms with Crippen molar-refractivity contribution in [3.05, 3.63) is 12.2 Å². The van der Waals surface area contributed by atoms with Gasteiger partial charge in [0.15, 0.2) is 0 Å². The molecule has 0 aromatic heterocycles. The number of hydrogen-bond donors (Lipinski definition) is 0. The molecule has 0 spiro atoms. The van der Waals surface area contributed by atoms with Gasteiger partial charge < -0.3 is 0 Å². The van der Waals surface area contributed by atoms with Crippen molar-refractivity contribution in [2.24, 2.45) is 16.7 Å². The molecule has 23 heavy (non-hydrogen) atoms.